The fourth-order valence-electron chi connectivity index (χ4n) is 37.2. The van der Waals surface area contributed by atoms with E-state index in [9.17, 15) is 61.7 Å². The van der Waals surface area contributed by atoms with Crippen molar-refractivity contribution in [1.29, 1.82) is 10.0 Å². The van der Waals surface area contributed by atoms with E-state index in [1.807, 2.05) is 33.9 Å². The standard InChI is InChI=1S/C29H39N3O2.C26H41N3O3S.C26H40N2O4S.C26H40N2O3S/c1-28(34)9-7-18-17(12-28)5-6-20-19(18)8-10-29(2)26(20)21-11-22(21)27(29)25(33)15-32-14-23(16-3-4-16)24(13-30)31-32;1-16-11-22(23(30)15-29-14-18(13-28-29)33(4,27)32)26(3)10-8-20-19-7-9-25(2,31)12-17(19)5-6-21(20)24(16)26;1-16-11-22(23(29)15-28-14-18(13-27-28)33(4,31)32)26(3)10-8-20-19-7-9-25(2,30)12-17(19)5-6-21(20)24(16)26;1-16-11-22(23(29)15-28-14-18(13-27-28)32(4)31)26(3)10-8-20-19-7-9-25(2,30)12-17(19)5-6-21(20)24(16)26/h14,16-22,26-27,34H,3-12,15H2,1-2H3;13-14,16-17,19-22,24,27,31H,5-12,15H2,1-4H3;13-14,16-17,19-22,24,30H,5-12,15H2,1-4H3;13-14,16-17,19-22,24,30H,5-12,15H2,1-4H3/t17-,18+,19-,20-,21-,22+,26-,27-,28-,29+;16-,17-,19+,20-,21-,22-,24+,25-,26-,33?;16-,17-,19+,20-,21-,22-,24+,25-,26-;16-,17-,19+,20-,21-,22-,24+,25-,26-,32?/m1111/s1. The molecule has 18 aliphatic rings. The van der Waals surface area contributed by atoms with Crippen molar-refractivity contribution in [3.05, 3.63) is 54.6 Å². The molecule has 132 heavy (non-hydrogen) atoms. The van der Waals surface area contributed by atoms with Gasteiger partial charge in [-0.25, -0.2) is 17.4 Å². The molecule has 0 spiro atoms. The monoisotopic (exact) mass is 1870 g/mol. The number of Topliss-reactive ketones (excluding diaryl/α,β-unsaturated/α-hetero) is 4. The molecule has 4 aromatic rings. The Balaban J connectivity index is 0.000000114. The molecule has 0 aliphatic heterocycles. The SMILES string of the molecule is C[C@@H]1C[C@H](C(=O)Cn2cc(S(C)(=N)=O)cn2)[C@@]2(C)CC[C@H]3[C@@H](CC[C@@H]4C[C@](C)(O)CC[C@@H]43)[C@H]12.C[C@@H]1C[C@H](C(=O)Cn2cc(S(C)(=O)=O)cn2)[C@@]2(C)CC[C@H]3[C@@H](CC[C@@H]4C[C@](C)(O)CC[C@@H]43)[C@H]12.C[C@@H]1C[C@H](C(=O)Cn2cc(S(C)=O)cn2)[C@@]2(C)CC[C@H]3[C@@H](CC[C@@H]4C[C@](C)(O)CC[C@@H]43)[C@H]12.C[C@@]1(O)CC[C@H]2[C@H](CC[C@@H]3[C@@H]2CC[C@@]2(C)[C@H]3[C@@H]3C[C@@H]3[C@@H]2C(=O)Cn2cc(C3CC3)c(C#N)n2)C1. The molecule has 2 unspecified atom stereocenters. The fraction of sp³-hybridized carbons (Fsp3) is 0.841. The van der Waals surface area contributed by atoms with E-state index < -0.39 is 52.8 Å². The Morgan fingerprint density at radius 3 is 1.10 bits per heavy atom. The lowest BCUT2D eigenvalue weighted by Crippen LogP contribution is -2.52. The minimum atomic E-state index is -3.32. The quantitative estimate of drug-likeness (QED) is 0.0696. The molecular weight excluding hydrogens is 1710 g/mol. The second kappa shape index (κ2) is 35.0. The maximum absolute atomic E-state index is 13.8. The van der Waals surface area contributed by atoms with E-state index in [1.165, 1.54) is 139 Å². The van der Waals surface area contributed by atoms with Gasteiger partial charge in [0.2, 0.25) is 0 Å². The van der Waals surface area contributed by atoms with E-state index in [0.29, 0.717) is 129 Å². The number of fused-ring (bicyclic) bond motifs is 22. The first-order valence-corrected chi connectivity index (χ1v) is 57.9. The molecule has 0 bridgehead atoms. The second-order valence-electron chi connectivity index (χ2n) is 51.0. The van der Waals surface area contributed by atoms with E-state index in [-0.39, 0.29) is 74.9 Å². The van der Waals surface area contributed by atoms with Crippen LogP contribution in [-0.4, -0.2) is 141 Å². The van der Waals surface area contributed by atoms with E-state index in [2.05, 4.69) is 74.9 Å². The molecule has 0 aromatic carbocycles. The van der Waals surface area contributed by atoms with Gasteiger partial charge in [0, 0.05) is 72.8 Å². The molecule has 4 aromatic heterocycles. The average Bonchev–Trinajstić information content (AvgIpc) is 1.50. The normalized spacial score (nSPS) is 46.8. The van der Waals surface area contributed by atoms with E-state index in [1.54, 1.807) is 38.9 Å². The maximum atomic E-state index is 13.8. The topological polar surface area (TPSA) is 336 Å². The molecule has 4 heterocycles. The van der Waals surface area contributed by atoms with Crippen molar-refractivity contribution in [3.8, 4) is 6.07 Å². The highest BCUT2D eigenvalue weighted by molar-refractivity contribution is 7.91. The maximum Gasteiger partial charge on any atom is 0.178 e. The van der Waals surface area contributed by atoms with Crippen molar-refractivity contribution in [2.75, 3.05) is 18.8 Å². The van der Waals surface area contributed by atoms with E-state index in [0.717, 1.165) is 186 Å². The number of aromatic nitrogens is 8. The summed E-state index contributed by atoms with van der Waals surface area (Å²) in [6, 6.07) is 2.25. The Labute approximate surface area is 790 Å². The molecular formula is C107H160N10O12S3. The lowest BCUT2D eigenvalue weighted by atomic mass is 9.48. The van der Waals surface area contributed by atoms with Crippen LogP contribution in [-0.2, 0) is 75.7 Å². The van der Waals surface area contributed by atoms with Crippen LogP contribution in [0.2, 0.25) is 0 Å². The van der Waals surface area contributed by atoms with Crippen LogP contribution in [0.5, 0.6) is 0 Å². The summed E-state index contributed by atoms with van der Waals surface area (Å²) in [6.45, 7) is 25.8. The first-order chi connectivity index (χ1) is 62.2. The average molecular weight is 1870 g/mol. The van der Waals surface area contributed by atoms with E-state index in [4.69, 9.17) is 4.78 Å². The van der Waals surface area contributed by atoms with Crippen molar-refractivity contribution in [3.63, 3.8) is 0 Å². The predicted octanol–water partition coefficient (Wildman–Crippen LogP) is 18.4. The molecule has 0 amide bonds. The molecule has 18 saturated carbocycles. The molecule has 5 N–H and O–H groups in total. The lowest BCUT2D eigenvalue weighted by molar-refractivity contribution is -0.136. The van der Waals surface area contributed by atoms with Gasteiger partial charge in [-0.05, 0) is 422 Å². The molecule has 22 nitrogen and oxygen atoms in total. The number of nitrogens with one attached hydrogen (secondary N) is 1. The largest absolute Gasteiger partial charge is 0.390 e. The van der Waals surface area contributed by atoms with Gasteiger partial charge in [0.15, 0.2) is 38.7 Å². The third-order valence-corrected chi connectivity index (χ3v) is 45.5. The summed E-state index contributed by atoms with van der Waals surface area (Å²) in [5.74, 6) is 19.3. The minimum absolute atomic E-state index is 0.0224. The highest BCUT2D eigenvalue weighted by atomic mass is 32.2. The van der Waals surface area contributed by atoms with Crippen LogP contribution < -0.4 is 0 Å². The number of aliphatic hydroxyl groups is 4. The molecule has 0 saturated heterocycles. The molecule has 25 heteroatoms. The third kappa shape index (κ3) is 17.7. The molecule has 0 radical (unpaired) electrons. The van der Waals surface area contributed by atoms with Crippen LogP contribution in [0, 0.1) is 209 Å². The smallest absolute Gasteiger partial charge is 0.178 e. The number of nitriles is 1. The summed E-state index contributed by atoms with van der Waals surface area (Å²) in [5, 5.41) is 69.3. The van der Waals surface area contributed by atoms with Gasteiger partial charge in [0.25, 0.3) is 0 Å². The summed E-state index contributed by atoms with van der Waals surface area (Å²) < 4.78 is 61.6. The predicted molar refractivity (Wildman–Crippen MR) is 507 cm³/mol. The Hall–Kier alpha value is -5.10. The van der Waals surface area contributed by atoms with Crippen molar-refractivity contribution in [1.82, 2.24) is 39.1 Å². The molecule has 39 atom stereocenters. The number of rotatable bonds is 16. The number of carbonyl (C=O) groups is 4. The van der Waals surface area contributed by atoms with Crippen LogP contribution in [0.25, 0.3) is 0 Å². The summed E-state index contributed by atoms with van der Waals surface area (Å²) in [7, 11) is -7.20. The first kappa shape index (κ1) is 95.8. The number of ketones is 4. The van der Waals surface area contributed by atoms with Gasteiger partial charge in [-0.2, -0.15) is 25.7 Å². The highest BCUT2D eigenvalue weighted by Gasteiger charge is 2.72. The second-order valence-corrected chi connectivity index (χ2v) is 56.5. The fourth-order valence-corrected chi connectivity index (χ4v) is 38.8. The zero-order valence-corrected chi connectivity index (χ0v) is 84.5. The Bertz CT molecular complexity index is 5160. The zero-order valence-electron chi connectivity index (χ0n) is 82.0. The van der Waals surface area contributed by atoms with Crippen molar-refractivity contribution in [2.24, 2.45) is 193 Å². The highest BCUT2D eigenvalue weighted by Crippen LogP contribution is 2.76. The van der Waals surface area contributed by atoms with Crippen molar-refractivity contribution >= 4 is 53.5 Å². The summed E-state index contributed by atoms with van der Waals surface area (Å²) in [4.78, 5) is 55.6. The number of carbonyl (C=O) groups excluding carboxylic acids is 4. The Morgan fingerprint density at radius 1 is 0.417 bits per heavy atom. The van der Waals surface area contributed by atoms with Crippen LogP contribution in [0.15, 0.2) is 58.1 Å². The molecule has 18 fully saturated rings. The molecule has 728 valence electrons. The third-order valence-electron chi connectivity index (χ3n) is 42.4. The number of sulfone groups is 1. The summed E-state index contributed by atoms with van der Waals surface area (Å²) >= 11 is 0. The van der Waals surface area contributed by atoms with Gasteiger partial charge in [-0.15, -0.1) is 0 Å². The van der Waals surface area contributed by atoms with Crippen LogP contribution in [0.1, 0.15) is 312 Å². The first-order valence-electron chi connectivity index (χ1n) is 52.5. The van der Waals surface area contributed by atoms with Gasteiger partial charge >= 0.3 is 0 Å². The van der Waals surface area contributed by atoms with Gasteiger partial charge in [-0.1, -0.05) is 48.5 Å². The van der Waals surface area contributed by atoms with Crippen LogP contribution >= 0.6 is 0 Å². The minimum Gasteiger partial charge on any atom is -0.390 e. The lowest BCUT2D eigenvalue weighted by Gasteiger charge is -2.57. The van der Waals surface area contributed by atoms with E-state index >= 15 is 0 Å². The summed E-state index contributed by atoms with van der Waals surface area (Å²) in [6.07, 6.45) is 53.9. The van der Waals surface area contributed by atoms with Crippen LogP contribution in [0.3, 0.4) is 0 Å². The Kier molecular flexibility index (Phi) is 25.4. The number of nitrogens with zero attached hydrogens (tertiary/aromatic N) is 9. The number of hydrogen-bond donors (Lipinski definition) is 5. The molecule has 22 rings (SSSR count). The Morgan fingerprint density at radius 2 is 0.758 bits per heavy atom. The van der Waals surface area contributed by atoms with Gasteiger partial charge in [0.1, 0.15) is 11.0 Å². The van der Waals surface area contributed by atoms with Crippen molar-refractivity contribution < 1.29 is 56.4 Å². The number of hydrogen-bond acceptors (Lipinski definition) is 18. The van der Waals surface area contributed by atoms with Gasteiger partial charge in [0.05, 0.1) is 97.5 Å². The van der Waals surface area contributed by atoms with Gasteiger partial charge in [-0.3, -0.25) is 42.1 Å². The van der Waals surface area contributed by atoms with Crippen LogP contribution in [0.4, 0.5) is 0 Å². The summed E-state index contributed by atoms with van der Waals surface area (Å²) in [5.41, 5.74) is -0.000193. The van der Waals surface area contributed by atoms with Gasteiger partial charge < -0.3 is 20.4 Å². The van der Waals surface area contributed by atoms with Crippen molar-refractivity contribution in [2.45, 2.75) is 364 Å². The zero-order chi connectivity index (χ0) is 93.8. The molecule has 18 aliphatic carbocycles.